The lowest BCUT2D eigenvalue weighted by atomic mass is 10.1. The maximum absolute atomic E-state index is 12.6. The normalized spacial score (nSPS) is 15.7. The second-order valence-electron chi connectivity index (χ2n) is 6.28. The highest BCUT2D eigenvalue weighted by Crippen LogP contribution is 2.21. The molecule has 0 radical (unpaired) electrons. The Morgan fingerprint density at radius 3 is 2.46 bits per heavy atom. The fourth-order valence-electron chi connectivity index (χ4n) is 2.87. The summed E-state index contributed by atoms with van der Waals surface area (Å²) in [5.74, 6) is -0.133. The number of hydrogen-bond donors (Lipinski definition) is 1. The van der Waals surface area contributed by atoms with E-state index in [0.717, 1.165) is 29.8 Å². The third-order valence-corrected chi connectivity index (χ3v) is 6.96. The van der Waals surface area contributed by atoms with Crippen LogP contribution in [0.25, 0.3) is 0 Å². The molecule has 1 N–H and O–H groups in total. The summed E-state index contributed by atoms with van der Waals surface area (Å²) in [6, 6.07) is 6.81. The summed E-state index contributed by atoms with van der Waals surface area (Å²) in [6.07, 6.45) is 3.76. The lowest BCUT2D eigenvalue weighted by Gasteiger charge is -2.25. The Labute approximate surface area is 157 Å². The standard InChI is InChI=1S/C17H22N4O3S2/c1-13-19-20-17(25-13)18-16(22)10-7-14-5-8-15(9-6-14)26(23,24)21-11-3-2-4-12-21/h5-6,8-9H,2-4,7,10-12H2,1H3,(H,18,20,22). The number of nitrogens with zero attached hydrogens (tertiary/aromatic N) is 3. The molecule has 0 saturated carbocycles. The molecule has 26 heavy (non-hydrogen) atoms. The molecule has 3 rings (SSSR count). The number of benzene rings is 1. The van der Waals surface area contributed by atoms with Gasteiger partial charge in [-0.1, -0.05) is 29.9 Å². The van der Waals surface area contributed by atoms with Crippen LogP contribution in [0, 0.1) is 6.92 Å². The molecule has 0 bridgehead atoms. The molecule has 0 atom stereocenters. The van der Waals surface area contributed by atoms with E-state index < -0.39 is 10.0 Å². The molecule has 2 heterocycles. The number of hydrogen-bond acceptors (Lipinski definition) is 6. The van der Waals surface area contributed by atoms with Crippen LogP contribution in [0.3, 0.4) is 0 Å². The fourth-order valence-corrected chi connectivity index (χ4v) is 4.99. The first-order valence-corrected chi connectivity index (χ1v) is 10.9. The first-order chi connectivity index (χ1) is 12.4. The summed E-state index contributed by atoms with van der Waals surface area (Å²) in [4.78, 5) is 12.3. The van der Waals surface area contributed by atoms with E-state index in [1.165, 1.54) is 11.3 Å². The Kier molecular flexibility index (Phi) is 6.00. The minimum Gasteiger partial charge on any atom is -0.301 e. The van der Waals surface area contributed by atoms with Crippen LogP contribution in [-0.2, 0) is 21.2 Å². The summed E-state index contributed by atoms with van der Waals surface area (Å²) in [5.41, 5.74) is 0.922. The van der Waals surface area contributed by atoms with E-state index in [2.05, 4.69) is 15.5 Å². The van der Waals surface area contributed by atoms with Gasteiger partial charge >= 0.3 is 0 Å². The lowest BCUT2D eigenvalue weighted by Crippen LogP contribution is -2.35. The summed E-state index contributed by atoms with van der Waals surface area (Å²) in [7, 11) is -3.41. The van der Waals surface area contributed by atoms with Crippen LogP contribution in [-0.4, -0.2) is 41.9 Å². The van der Waals surface area contributed by atoms with Gasteiger partial charge in [-0.05, 0) is 43.9 Å². The van der Waals surface area contributed by atoms with Gasteiger partial charge in [-0.25, -0.2) is 8.42 Å². The number of piperidine rings is 1. The number of aryl methyl sites for hydroxylation is 2. The van der Waals surface area contributed by atoms with Gasteiger partial charge in [0.2, 0.25) is 21.1 Å². The minimum absolute atomic E-state index is 0.133. The zero-order valence-electron chi connectivity index (χ0n) is 14.6. The SMILES string of the molecule is Cc1nnc(NC(=O)CCc2ccc(S(=O)(=O)N3CCCCC3)cc2)s1. The molecule has 2 aromatic rings. The average Bonchev–Trinajstić information content (AvgIpc) is 3.06. The van der Waals surface area contributed by atoms with Crippen molar-refractivity contribution in [2.45, 2.75) is 43.9 Å². The molecule has 0 spiro atoms. The predicted molar refractivity (Wildman–Crippen MR) is 101 cm³/mol. The molecule has 140 valence electrons. The second kappa shape index (κ2) is 8.24. The third kappa shape index (κ3) is 4.66. The number of anilines is 1. The summed E-state index contributed by atoms with van der Waals surface area (Å²) in [6.45, 7) is 3.01. The van der Waals surface area contributed by atoms with Crippen LogP contribution in [0.4, 0.5) is 5.13 Å². The maximum Gasteiger partial charge on any atom is 0.243 e. The molecule has 1 aliphatic heterocycles. The van der Waals surface area contributed by atoms with Crippen molar-refractivity contribution < 1.29 is 13.2 Å². The average molecular weight is 395 g/mol. The topological polar surface area (TPSA) is 92.3 Å². The lowest BCUT2D eigenvalue weighted by molar-refractivity contribution is -0.116. The molecule has 0 unspecified atom stereocenters. The van der Waals surface area contributed by atoms with Crippen molar-refractivity contribution in [3.05, 3.63) is 34.8 Å². The number of nitrogens with one attached hydrogen (secondary N) is 1. The maximum atomic E-state index is 12.6. The van der Waals surface area contributed by atoms with E-state index in [-0.39, 0.29) is 5.91 Å². The van der Waals surface area contributed by atoms with Crippen molar-refractivity contribution in [1.82, 2.24) is 14.5 Å². The van der Waals surface area contributed by atoms with E-state index in [0.29, 0.717) is 36.0 Å². The van der Waals surface area contributed by atoms with Crippen molar-refractivity contribution in [2.75, 3.05) is 18.4 Å². The highest BCUT2D eigenvalue weighted by molar-refractivity contribution is 7.89. The predicted octanol–water partition coefficient (Wildman–Crippen LogP) is 2.59. The number of sulfonamides is 1. The summed E-state index contributed by atoms with van der Waals surface area (Å²) in [5, 5.41) is 11.7. The van der Waals surface area contributed by atoms with E-state index in [9.17, 15) is 13.2 Å². The van der Waals surface area contributed by atoms with Crippen LogP contribution < -0.4 is 5.32 Å². The number of amides is 1. The van der Waals surface area contributed by atoms with Gasteiger partial charge in [0, 0.05) is 19.5 Å². The van der Waals surface area contributed by atoms with E-state index >= 15 is 0 Å². The summed E-state index contributed by atoms with van der Waals surface area (Å²) >= 11 is 1.33. The monoisotopic (exact) mass is 394 g/mol. The van der Waals surface area contributed by atoms with Gasteiger partial charge in [0.25, 0.3) is 0 Å². The number of carbonyl (C=O) groups excluding carboxylic acids is 1. The van der Waals surface area contributed by atoms with Gasteiger partial charge in [-0.2, -0.15) is 4.31 Å². The van der Waals surface area contributed by atoms with Crippen molar-refractivity contribution >= 4 is 32.4 Å². The van der Waals surface area contributed by atoms with Crippen molar-refractivity contribution in [3.8, 4) is 0 Å². The largest absolute Gasteiger partial charge is 0.301 e. The zero-order chi connectivity index (χ0) is 18.6. The van der Waals surface area contributed by atoms with E-state index in [1.807, 2.05) is 6.92 Å². The van der Waals surface area contributed by atoms with Gasteiger partial charge in [0.15, 0.2) is 0 Å². The molecule has 1 saturated heterocycles. The Hall–Kier alpha value is -1.84. The molecular weight excluding hydrogens is 372 g/mol. The number of rotatable bonds is 6. The summed E-state index contributed by atoms with van der Waals surface area (Å²) < 4.78 is 26.8. The molecule has 0 aliphatic carbocycles. The highest BCUT2D eigenvalue weighted by Gasteiger charge is 2.25. The molecule has 1 amide bonds. The van der Waals surface area contributed by atoms with Crippen LogP contribution in [0.15, 0.2) is 29.2 Å². The molecule has 1 aliphatic rings. The molecule has 9 heteroatoms. The number of aromatic nitrogens is 2. The van der Waals surface area contributed by atoms with Crippen LogP contribution in [0.2, 0.25) is 0 Å². The van der Waals surface area contributed by atoms with Gasteiger partial charge in [0.05, 0.1) is 4.90 Å². The minimum atomic E-state index is -3.41. The van der Waals surface area contributed by atoms with Gasteiger partial charge < -0.3 is 5.32 Å². The van der Waals surface area contributed by atoms with Crippen molar-refractivity contribution in [1.29, 1.82) is 0 Å². The smallest absolute Gasteiger partial charge is 0.243 e. The van der Waals surface area contributed by atoms with Crippen molar-refractivity contribution in [3.63, 3.8) is 0 Å². The molecule has 1 aromatic heterocycles. The molecular formula is C17H22N4O3S2. The quantitative estimate of drug-likeness (QED) is 0.813. The fraction of sp³-hybridized carbons (Fsp3) is 0.471. The number of carbonyl (C=O) groups is 1. The van der Waals surface area contributed by atoms with Gasteiger partial charge in [0.1, 0.15) is 5.01 Å². The Morgan fingerprint density at radius 2 is 1.85 bits per heavy atom. The van der Waals surface area contributed by atoms with Crippen LogP contribution >= 0.6 is 11.3 Å². The second-order valence-corrected chi connectivity index (χ2v) is 9.40. The van der Waals surface area contributed by atoms with Gasteiger partial charge in [-0.3, -0.25) is 4.79 Å². The Balaban J connectivity index is 1.56. The Bertz CT molecular complexity index is 856. The van der Waals surface area contributed by atoms with E-state index in [4.69, 9.17) is 0 Å². The van der Waals surface area contributed by atoms with Crippen LogP contribution in [0.1, 0.15) is 36.3 Å². The Morgan fingerprint density at radius 1 is 1.15 bits per heavy atom. The third-order valence-electron chi connectivity index (χ3n) is 4.29. The zero-order valence-corrected chi connectivity index (χ0v) is 16.3. The highest BCUT2D eigenvalue weighted by atomic mass is 32.2. The first kappa shape index (κ1) is 18.9. The molecule has 1 aromatic carbocycles. The molecule has 1 fully saturated rings. The van der Waals surface area contributed by atoms with Crippen LogP contribution in [0.5, 0.6) is 0 Å². The van der Waals surface area contributed by atoms with Crippen molar-refractivity contribution in [2.24, 2.45) is 0 Å². The van der Waals surface area contributed by atoms with Gasteiger partial charge in [-0.15, -0.1) is 10.2 Å². The van der Waals surface area contributed by atoms with E-state index in [1.54, 1.807) is 28.6 Å². The molecule has 7 nitrogen and oxygen atoms in total. The first-order valence-electron chi connectivity index (χ1n) is 8.64.